The number of benzene rings is 2. The zero-order valence-corrected chi connectivity index (χ0v) is 12.1. The van der Waals surface area contributed by atoms with Crippen molar-refractivity contribution in [3.05, 3.63) is 59.7 Å². The van der Waals surface area contributed by atoms with Gasteiger partial charge in [0, 0.05) is 17.8 Å². The van der Waals surface area contributed by atoms with Crippen LogP contribution in [-0.2, 0) is 0 Å². The topological polar surface area (TPSA) is 29.5 Å². The van der Waals surface area contributed by atoms with Gasteiger partial charge in [0.25, 0.3) is 5.91 Å². The van der Waals surface area contributed by atoms with E-state index in [0.29, 0.717) is 17.9 Å². The summed E-state index contributed by atoms with van der Waals surface area (Å²) in [6.45, 7) is 4.61. The maximum atomic E-state index is 12.7. The number of carbonyl (C=O) groups excluding carboxylic acids is 1. The van der Waals surface area contributed by atoms with Crippen molar-refractivity contribution in [1.82, 2.24) is 0 Å². The van der Waals surface area contributed by atoms with Gasteiger partial charge in [-0.2, -0.15) is 0 Å². The number of methoxy groups -OCH3 is 1. The summed E-state index contributed by atoms with van der Waals surface area (Å²) in [6, 6.07) is 15.1. The third-order valence-electron chi connectivity index (χ3n) is 3.28. The van der Waals surface area contributed by atoms with Crippen LogP contribution in [0, 0.1) is 6.92 Å². The van der Waals surface area contributed by atoms with Crippen LogP contribution in [0.3, 0.4) is 0 Å². The molecule has 0 fully saturated rings. The van der Waals surface area contributed by atoms with E-state index in [1.807, 2.05) is 56.3 Å². The number of hydrogen-bond acceptors (Lipinski definition) is 2. The van der Waals surface area contributed by atoms with Crippen molar-refractivity contribution < 1.29 is 9.53 Å². The highest BCUT2D eigenvalue weighted by Crippen LogP contribution is 2.22. The van der Waals surface area contributed by atoms with Crippen molar-refractivity contribution in [2.24, 2.45) is 0 Å². The summed E-state index contributed by atoms with van der Waals surface area (Å²) in [6.07, 6.45) is 0. The molecule has 0 saturated carbocycles. The van der Waals surface area contributed by atoms with Crippen molar-refractivity contribution in [2.75, 3.05) is 18.6 Å². The SMILES string of the molecule is CCN(C(=O)c1cccc(OC)c1)c1ccccc1C. The van der Waals surface area contributed by atoms with Crippen LogP contribution in [0.2, 0.25) is 0 Å². The number of amides is 1. The molecule has 3 heteroatoms. The molecule has 1 amide bonds. The Morgan fingerprint density at radius 1 is 1.15 bits per heavy atom. The predicted molar refractivity (Wildman–Crippen MR) is 81.5 cm³/mol. The number of carbonyl (C=O) groups is 1. The second-order valence-electron chi connectivity index (χ2n) is 4.57. The van der Waals surface area contributed by atoms with Gasteiger partial charge in [-0.15, -0.1) is 0 Å². The van der Waals surface area contributed by atoms with E-state index in [9.17, 15) is 4.79 Å². The van der Waals surface area contributed by atoms with Crippen LogP contribution in [0.15, 0.2) is 48.5 Å². The van der Waals surface area contributed by atoms with Crippen LogP contribution in [0.1, 0.15) is 22.8 Å². The number of aryl methyl sites for hydroxylation is 1. The summed E-state index contributed by atoms with van der Waals surface area (Å²) >= 11 is 0. The second-order valence-corrected chi connectivity index (χ2v) is 4.57. The van der Waals surface area contributed by atoms with E-state index in [2.05, 4.69) is 0 Å². The van der Waals surface area contributed by atoms with Crippen molar-refractivity contribution in [2.45, 2.75) is 13.8 Å². The molecule has 0 radical (unpaired) electrons. The molecule has 0 aliphatic rings. The summed E-state index contributed by atoms with van der Waals surface area (Å²) in [5.74, 6) is 0.678. The van der Waals surface area contributed by atoms with Crippen LogP contribution in [0.5, 0.6) is 5.75 Å². The zero-order valence-electron chi connectivity index (χ0n) is 12.1. The van der Waals surface area contributed by atoms with E-state index >= 15 is 0 Å². The van der Waals surface area contributed by atoms with Gasteiger partial charge in [-0.3, -0.25) is 4.79 Å². The first-order chi connectivity index (χ1) is 9.67. The Kier molecular flexibility index (Phi) is 4.41. The standard InChI is InChI=1S/C17H19NO2/c1-4-18(16-11-6-5-8-13(16)2)17(19)14-9-7-10-15(12-14)20-3/h5-12H,4H2,1-3H3. The molecule has 2 aromatic carbocycles. The number of hydrogen-bond donors (Lipinski definition) is 0. The lowest BCUT2D eigenvalue weighted by Crippen LogP contribution is -2.31. The molecule has 20 heavy (non-hydrogen) atoms. The molecule has 0 saturated heterocycles. The Labute approximate surface area is 119 Å². The maximum absolute atomic E-state index is 12.7. The van der Waals surface area contributed by atoms with Gasteiger partial charge in [-0.05, 0) is 43.7 Å². The van der Waals surface area contributed by atoms with E-state index < -0.39 is 0 Å². The molecule has 0 unspecified atom stereocenters. The highest BCUT2D eigenvalue weighted by Gasteiger charge is 2.17. The van der Waals surface area contributed by atoms with Crippen molar-refractivity contribution in [1.29, 1.82) is 0 Å². The van der Waals surface area contributed by atoms with Crippen LogP contribution < -0.4 is 9.64 Å². The summed E-state index contributed by atoms with van der Waals surface area (Å²) in [4.78, 5) is 14.4. The highest BCUT2D eigenvalue weighted by molar-refractivity contribution is 6.06. The van der Waals surface area contributed by atoms with Gasteiger partial charge in [0.05, 0.1) is 7.11 Å². The summed E-state index contributed by atoms with van der Waals surface area (Å²) in [5.41, 5.74) is 2.67. The third kappa shape index (κ3) is 2.82. The van der Waals surface area contributed by atoms with Gasteiger partial charge in [-0.1, -0.05) is 24.3 Å². The van der Waals surface area contributed by atoms with Gasteiger partial charge in [0.2, 0.25) is 0 Å². The molecule has 0 aliphatic heterocycles. The average molecular weight is 269 g/mol. The van der Waals surface area contributed by atoms with Gasteiger partial charge in [0.15, 0.2) is 0 Å². The fraction of sp³-hybridized carbons (Fsp3) is 0.235. The first-order valence-electron chi connectivity index (χ1n) is 6.69. The molecule has 104 valence electrons. The lowest BCUT2D eigenvalue weighted by atomic mass is 10.1. The molecular weight excluding hydrogens is 250 g/mol. The van der Waals surface area contributed by atoms with Gasteiger partial charge in [0.1, 0.15) is 5.75 Å². The molecule has 3 nitrogen and oxygen atoms in total. The Bertz CT molecular complexity index is 607. The Balaban J connectivity index is 2.36. The number of ether oxygens (including phenoxy) is 1. The molecular formula is C17H19NO2. The van der Waals surface area contributed by atoms with Crippen LogP contribution in [0.25, 0.3) is 0 Å². The quantitative estimate of drug-likeness (QED) is 0.847. The number of anilines is 1. The van der Waals surface area contributed by atoms with Crippen LogP contribution >= 0.6 is 0 Å². The fourth-order valence-corrected chi connectivity index (χ4v) is 2.20. The maximum Gasteiger partial charge on any atom is 0.258 e. The number of para-hydroxylation sites is 1. The molecule has 2 rings (SSSR count). The first kappa shape index (κ1) is 14.1. The summed E-state index contributed by atoms with van der Waals surface area (Å²) in [5, 5.41) is 0. The fourth-order valence-electron chi connectivity index (χ4n) is 2.20. The minimum atomic E-state index is -0.0132. The lowest BCUT2D eigenvalue weighted by Gasteiger charge is -2.23. The van der Waals surface area contributed by atoms with Crippen LogP contribution in [-0.4, -0.2) is 19.6 Å². The van der Waals surface area contributed by atoms with Crippen molar-refractivity contribution >= 4 is 11.6 Å². The number of nitrogens with zero attached hydrogens (tertiary/aromatic N) is 1. The second kappa shape index (κ2) is 6.24. The van der Waals surface area contributed by atoms with E-state index in [1.54, 1.807) is 18.1 Å². The van der Waals surface area contributed by atoms with E-state index in [0.717, 1.165) is 11.3 Å². The summed E-state index contributed by atoms with van der Waals surface area (Å²) < 4.78 is 5.18. The minimum absolute atomic E-state index is 0.0132. The minimum Gasteiger partial charge on any atom is -0.497 e. The number of rotatable bonds is 4. The Hall–Kier alpha value is -2.29. The summed E-state index contributed by atoms with van der Waals surface area (Å²) in [7, 11) is 1.60. The van der Waals surface area contributed by atoms with Gasteiger partial charge in [-0.25, -0.2) is 0 Å². The lowest BCUT2D eigenvalue weighted by molar-refractivity contribution is 0.0988. The van der Waals surface area contributed by atoms with Crippen molar-refractivity contribution in [3.63, 3.8) is 0 Å². The predicted octanol–water partition coefficient (Wildman–Crippen LogP) is 3.67. The molecule has 0 heterocycles. The Morgan fingerprint density at radius 2 is 1.90 bits per heavy atom. The molecule has 0 aromatic heterocycles. The van der Waals surface area contributed by atoms with Gasteiger partial charge < -0.3 is 9.64 Å². The normalized spacial score (nSPS) is 10.2. The highest BCUT2D eigenvalue weighted by atomic mass is 16.5. The monoisotopic (exact) mass is 269 g/mol. The first-order valence-corrected chi connectivity index (χ1v) is 6.69. The molecule has 0 atom stereocenters. The molecule has 2 aromatic rings. The smallest absolute Gasteiger partial charge is 0.258 e. The van der Waals surface area contributed by atoms with Gasteiger partial charge >= 0.3 is 0 Å². The van der Waals surface area contributed by atoms with Crippen molar-refractivity contribution in [3.8, 4) is 5.75 Å². The largest absolute Gasteiger partial charge is 0.497 e. The molecule has 0 spiro atoms. The average Bonchev–Trinajstić information content (AvgIpc) is 2.49. The molecule has 0 N–H and O–H groups in total. The Morgan fingerprint density at radius 3 is 2.55 bits per heavy atom. The molecule has 0 bridgehead atoms. The molecule has 0 aliphatic carbocycles. The zero-order chi connectivity index (χ0) is 14.5. The van der Waals surface area contributed by atoms with E-state index in [4.69, 9.17) is 4.74 Å². The van der Waals surface area contributed by atoms with E-state index in [-0.39, 0.29) is 5.91 Å². The van der Waals surface area contributed by atoms with E-state index in [1.165, 1.54) is 0 Å². The van der Waals surface area contributed by atoms with Crippen LogP contribution in [0.4, 0.5) is 5.69 Å². The third-order valence-corrected chi connectivity index (χ3v) is 3.28.